The fourth-order valence-corrected chi connectivity index (χ4v) is 3.83. The Morgan fingerprint density at radius 3 is 2.83 bits per heavy atom. The molecule has 1 aromatic carbocycles. The van der Waals surface area contributed by atoms with Crippen LogP contribution in [0.2, 0.25) is 5.02 Å². The van der Waals surface area contributed by atoms with Crippen LogP contribution in [0.4, 0.5) is 4.39 Å². The van der Waals surface area contributed by atoms with Crippen LogP contribution >= 0.6 is 11.6 Å². The second kappa shape index (κ2) is 8.43. The maximum absolute atomic E-state index is 14.2. The molecular formula is C18H26ClFN2O. The number of hydrogen-bond donors (Lipinski definition) is 0. The van der Waals surface area contributed by atoms with Crippen molar-refractivity contribution in [2.45, 2.75) is 38.3 Å². The fraction of sp³-hybridized carbons (Fsp3) is 0.667. The van der Waals surface area contributed by atoms with Crippen molar-refractivity contribution >= 4 is 11.6 Å². The van der Waals surface area contributed by atoms with Gasteiger partial charge in [0.2, 0.25) is 0 Å². The SMILES string of the molecule is Fc1c(Cl)cccc1CN1CCCC[C@@H]1CCN1CCOCC1. The van der Waals surface area contributed by atoms with Crippen molar-refractivity contribution in [2.75, 3.05) is 39.4 Å². The van der Waals surface area contributed by atoms with Crippen LogP contribution < -0.4 is 0 Å². The van der Waals surface area contributed by atoms with Gasteiger partial charge >= 0.3 is 0 Å². The molecule has 23 heavy (non-hydrogen) atoms. The predicted molar refractivity (Wildman–Crippen MR) is 91.3 cm³/mol. The number of hydrogen-bond acceptors (Lipinski definition) is 3. The van der Waals surface area contributed by atoms with Crippen LogP contribution in [0.3, 0.4) is 0 Å². The number of morpholine rings is 1. The molecule has 1 aromatic rings. The summed E-state index contributed by atoms with van der Waals surface area (Å²) >= 11 is 5.92. The van der Waals surface area contributed by atoms with Gasteiger partial charge in [-0.2, -0.15) is 0 Å². The summed E-state index contributed by atoms with van der Waals surface area (Å²) in [6.07, 6.45) is 4.85. The molecule has 5 heteroatoms. The van der Waals surface area contributed by atoms with Crippen molar-refractivity contribution in [3.8, 4) is 0 Å². The normalized spacial score (nSPS) is 24.0. The highest BCUT2D eigenvalue weighted by Gasteiger charge is 2.24. The van der Waals surface area contributed by atoms with Gasteiger partial charge in [0.05, 0.1) is 18.2 Å². The maximum Gasteiger partial charge on any atom is 0.146 e. The third-order valence-corrected chi connectivity index (χ3v) is 5.33. The predicted octanol–water partition coefficient (Wildman–Crippen LogP) is 3.56. The zero-order chi connectivity index (χ0) is 16.1. The lowest BCUT2D eigenvalue weighted by atomic mass is 9.98. The van der Waals surface area contributed by atoms with E-state index in [-0.39, 0.29) is 10.8 Å². The number of likely N-dealkylation sites (tertiary alicyclic amines) is 1. The fourth-order valence-electron chi connectivity index (χ4n) is 3.64. The zero-order valence-corrected chi connectivity index (χ0v) is 14.4. The standard InChI is InChI=1S/C18H26ClFN2O/c19-17-6-3-4-15(18(17)20)14-22-8-2-1-5-16(22)7-9-21-10-12-23-13-11-21/h3-4,6,16H,1-2,5,7-14H2/t16-/m1/s1. The second-order valence-corrected chi connectivity index (χ2v) is 6.98. The van der Waals surface area contributed by atoms with Gasteiger partial charge in [0, 0.05) is 31.2 Å². The molecule has 2 fully saturated rings. The van der Waals surface area contributed by atoms with E-state index in [1.165, 1.54) is 19.3 Å². The maximum atomic E-state index is 14.2. The average Bonchev–Trinajstić information content (AvgIpc) is 2.59. The Kier molecular flexibility index (Phi) is 6.29. The molecule has 0 N–H and O–H groups in total. The van der Waals surface area contributed by atoms with Crippen molar-refractivity contribution < 1.29 is 9.13 Å². The molecule has 1 atom stereocenters. The first-order valence-electron chi connectivity index (χ1n) is 8.71. The summed E-state index contributed by atoms with van der Waals surface area (Å²) in [6, 6.07) is 5.86. The molecule has 0 bridgehead atoms. The van der Waals surface area contributed by atoms with Gasteiger partial charge in [-0.05, 0) is 38.4 Å². The molecular weight excluding hydrogens is 315 g/mol. The van der Waals surface area contributed by atoms with E-state index in [0.29, 0.717) is 12.6 Å². The van der Waals surface area contributed by atoms with Crippen molar-refractivity contribution in [1.82, 2.24) is 9.80 Å². The minimum atomic E-state index is -0.258. The highest BCUT2D eigenvalue weighted by Crippen LogP contribution is 2.25. The minimum Gasteiger partial charge on any atom is -0.379 e. The van der Waals surface area contributed by atoms with Crippen molar-refractivity contribution in [1.29, 1.82) is 0 Å². The van der Waals surface area contributed by atoms with Gasteiger partial charge in [-0.3, -0.25) is 9.80 Å². The first kappa shape index (κ1) is 17.2. The molecule has 0 radical (unpaired) electrons. The van der Waals surface area contributed by atoms with Gasteiger partial charge in [-0.25, -0.2) is 4.39 Å². The lowest BCUT2D eigenvalue weighted by Gasteiger charge is -2.37. The largest absolute Gasteiger partial charge is 0.379 e. The third kappa shape index (κ3) is 4.66. The van der Waals surface area contributed by atoms with E-state index < -0.39 is 0 Å². The molecule has 2 saturated heterocycles. The molecule has 2 aliphatic rings. The third-order valence-electron chi connectivity index (χ3n) is 5.04. The van der Waals surface area contributed by atoms with Crippen molar-refractivity contribution in [3.05, 3.63) is 34.6 Å². The highest BCUT2D eigenvalue weighted by molar-refractivity contribution is 6.30. The molecule has 128 valence electrons. The summed E-state index contributed by atoms with van der Waals surface area (Å²) in [5.74, 6) is -0.258. The molecule has 2 heterocycles. The van der Waals surface area contributed by atoms with E-state index in [9.17, 15) is 4.39 Å². The number of halogens is 2. The number of nitrogens with zero attached hydrogens (tertiary/aromatic N) is 2. The van der Waals surface area contributed by atoms with Gasteiger partial charge < -0.3 is 4.74 Å². The first-order chi connectivity index (χ1) is 11.2. The van der Waals surface area contributed by atoms with Crippen LogP contribution in [0.1, 0.15) is 31.2 Å². The van der Waals surface area contributed by atoms with Gasteiger partial charge in [0.15, 0.2) is 0 Å². The van der Waals surface area contributed by atoms with Gasteiger partial charge in [0.1, 0.15) is 5.82 Å². The van der Waals surface area contributed by atoms with Crippen molar-refractivity contribution in [3.63, 3.8) is 0 Å². The molecule has 2 aliphatic heterocycles. The van der Waals surface area contributed by atoms with Crippen LogP contribution in [-0.4, -0.2) is 55.2 Å². The summed E-state index contributed by atoms with van der Waals surface area (Å²) < 4.78 is 19.6. The molecule has 3 rings (SSSR count). The number of benzene rings is 1. The molecule has 0 unspecified atom stereocenters. The zero-order valence-electron chi connectivity index (χ0n) is 13.6. The lowest BCUT2D eigenvalue weighted by Crippen LogP contribution is -2.43. The lowest BCUT2D eigenvalue weighted by molar-refractivity contribution is 0.0301. The minimum absolute atomic E-state index is 0.226. The molecule has 0 spiro atoms. The van der Waals surface area contributed by atoms with E-state index >= 15 is 0 Å². The summed E-state index contributed by atoms with van der Waals surface area (Å²) in [4.78, 5) is 4.93. The second-order valence-electron chi connectivity index (χ2n) is 6.58. The van der Waals surface area contributed by atoms with Crippen molar-refractivity contribution in [2.24, 2.45) is 0 Å². The van der Waals surface area contributed by atoms with E-state index in [0.717, 1.165) is 51.4 Å². The van der Waals surface area contributed by atoms with E-state index in [1.54, 1.807) is 6.07 Å². The van der Waals surface area contributed by atoms with Gasteiger partial charge in [-0.15, -0.1) is 0 Å². The Bertz CT molecular complexity index is 508. The average molecular weight is 341 g/mol. The summed E-state index contributed by atoms with van der Waals surface area (Å²) in [5.41, 5.74) is 0.718. The molecule has 3 nitrogen and oxygen atoms in total. The van der Waals surface area contributed by atoms with Crippen LogP contribution in [-0.2, 0) is 11.3 Å². The number of rotatable bonds is 5. The van der Waals surface area contributed by atoms with Crippen LogP contribution in [0.5, 0.6) is 0 Å². The first-order valence-corrected chi connectivity index (χ1v) is 9.09. The monoisotopic (exact) mass is 340 g/mol. The van der Waals surface area contributed by atoms with E-state index in [1.807, 2.05) is 12.1 Å². The summed E-state index contributed by atoms with van der Waals surface area (Å²) in [6.45, 7) is 6.61. The van der Waals surface area contributed by atoms with E-state index in [2.05, 4.69) is 9.80 Å². The quantitative estimate of drug-likeness (QED) is 0.815. The van der Waals surface area contributed by atoms with Crippen LogP contribution in [0, 0.1) is 5.82 Å². The summed E-state index contributed by atoms with van der Waals surface area (Å²) in [5, 5.41) is 0.226. The molecule has 0 aromatic heterocycles. The number of piperidine rings is 1. The van der Waals surface area contributed by atoms with Crippen LogP contribution in [0.15, 0.2) is 18.2 Å². The Labute approximate surface area is 143 Å². The van der Waals surface area contributed by atoms with Gasteiger partial charge in [-0.1, -0.05) is 30.2 Å². The molecule has 0 amide bonds. The smallest absolute Gasteiger partial charge is 0.146 e. The Morgan fingerprint density at radius 2 is 2.00 bits per heavy atom. The highest BCUT2D eigenvalue weighted by atomic mass is 35.5. The van der Waals surface area contributed by atoms with E-state index in [4.69, 9.17) is 16.3 Å². The Hall–Kier alpha value is -0.680. The topological polar surface area (TPSA) is 15.7 Å². The van der Waals surface area contributed by atoms with Crippen LogP contribution in [0.25, 0.3) is 0 Å². The number of ether oxygens (including phenoxy) is 1. The Morgan fingerprint density at radius 1 is 1.17 bits per heavy atom. The molecule has 0 saturated carbocycles. The van der Waals surface area contributed by atoms with Gasteiger partial charge in [0.25, 0.3) is 0 Å². The molecule has 0 aliphatic carbocycles. The Balaban J connectivity index is 1.58. The summed E-state index contributed by atoms with van der Waals surface area (Å²) in [7, 11) is 0.